The van der Waals surface area contributed by atoms with Crippen molar-refractivity contribution in [1.29, 1.82) is 0 Å². The molecule has 0 saturated heterocycles. The van der Waals surface area contributed by atoms with Gasteiger partial charge in [0.25, 0.3) is 0 Å². The van der Waals surface area contributed by atoms with Crippen molar-refractivity contribution in [2.45, 2.75) is 37.8 Å². The van der Waals surface area contributed by atoms with Crippen LogP contribution in [0.4, 0.5) is 5.82 Å². The molecule has 5 nitrogen and oxygen atoms in total. The van der Waals surface area contributed by atoms with Gasteiger partial charge in [-0.2, -0.15) is 0 Å². The van der Waals surface area contributed by atoms with Gasteiger partial charge in [0.15, 0.2) is 5.65 Å². The monoisotopic (exact) mass is 257 g/mol. The first-order valence-electron chi connectivity index (χ1n) is 6.82. The predicted octanol–water partition coefficient (Wildman–Crippen LogP) is 1.73. The molecule has 0 radical (unpaired) electrons. The number of fused-ring (bicyclic) bond motifs is 1. The fourth-order valence-corrected chi connectivity index (χ4v) is 2.83. The standard InChI is InChI=1S/C14H19N5/c1-19(12-5-3-2-4-10(12)15)13-7-6-11-14(18-13)17-9-8-16-11/h6-10,12H,2-5,15H2,1H3. The van der Waals surface area contributed by atoms with E-state index in [0.717, 1.165) is 24.2 Å². The summed E-state index contributed by atoms with van der Waals surface area (Å²) < 4.78 is 0. The van der Waals surface area contributed by atoms with E-state index in [-0.39, 0.29) is 6.04 Å². The number of likely N-dealkylation sites (N-methyl/N-ethyl adjacent to an activating group) is 1. The average Bonchev–Trinajstić information content (AvgIpc) is 2.46. The summed E-state index contributed by atoms with van der Waals surface area (Å²) in [7, 11) is 2.07. The van der Waals surface area contributed by atoms with E-state index in [9.17, 15) is 0 Å². The Morgan fingerprint density at radius 2 is 1.95 bits per heavy atom. The summed E-state index contributed by atoms with van der Waals surface area (Å²) >= 11 is 0. The van der Waals surface area contributed by atoms with Crippen molar-refractivity contribution in [3.8, 4) is 0 Å². The van der Waals surface area contributed by atoms with Gasteiger partial charge in [-0.05, 0) is 25.0 Å². The number of nitrogens with zero attached hydrogens (tertiary/aromatic N) is 4. The largest absolute Gasteiger partial charge is 0.355 e. The van der Waals surface area contributed by atoms with Gasteiger partial charge in [-0.15, -0.1) is 0 Å². The molecule has 3 rings (SSSR count). The molecule has 1 fully saturated rings. The Hall–Kier alpha value is -1.75. The first kappa shape index (κ1) is 12.3. The van der Waals surface area contributed by atoms with Crippen LogP contribution in [-0.2, 0) is 0 Å². The van der Waals surface area contributed by atoms with E-state index in [1.807, 2.05) is 12.1 Å². The lowest BCUT2D eigenvalue weighted by Crippen LogP contribution is -2.48. The maximum Gasteiger partial charge on any atom is 0.180 e. The molecule has 0 aromatic carbocycles. The number of anilines is 1. The molecule has 0 bridgehead atoms. The van der Waals surface area contributed by atoms with E-state index in [1.54, 1.807) is 12.4 Å². The van der Waals surface area contributed by atoms with Crippen LogP contribution in [-0.4, -0.2) is 34.1 Å². The van der Waals surface area contributed by atoms with E-state index >= 15 is 0 Å². The van der Waals surface area contributed by atoms with Crippen LogP contribution < -0.4 is 10.6 Å². The Kier molecular flexibility index (Phi) is 3.29. The van der Waals surface area contributed by atoms with E-state index in [2.05, 4.69) is 26.9 Å². The summed E-state index contributed by atoms with van der Waals surface area (Å²) in [5, 5.41) is 0. The minimum atomic E-state index is 0.234. The van der Waals surface area contributed by atoms with Gasteiger partial charge in [0.05, 0.1) is 0 Å². The van der Waals surface area contributed by atoms with Crippen LogP contribution in [0.5, 0.6) is 0 Å². The van der Waals surface area contributed by atoms with Crippen molar-refractivity contribution >= 4 is 17.0 Å². The van der Waals surface area contributed by atoms with Crippen LogP contribution in [0, 0.1) is 0 Å². The summed E-state index contributed by atoms with van der Waals surface area (Å²) in [5.41, 5.74) is 7.75. The summed E-state index contributed by atoms with van der Waals surface area (Å²) in [5.74, 6) is 0.926. The maximum absolute atomic E-state index is 6.23. The fourth-order valence-electron chi connectivity index (χ4n) is 2.83. The lowest BCUT2D eigenvalue weighted by atomic mass is 9.90. The Labute approximate surface area is 112 Å². The van der Waals surface area contributed by atoms with Gasteiger partial charge in [-0.1, -0.05) is 12.8 Å². The molecule has 19 heavy (non-hydrogen) atoms. The molecular formula is C14H19N5. The second-order valence-corrected chi connectivity index (χ2v) is 5.20. The summed E-state index contributed by atoms with van der Waals surface area (Å²) in [6.07, 6.45) is 8.08. The number of pyridine rings is 1. The molecule has 2 aromatic rings. The first-order valence-corrected chi connectivity index (χ1v) is 6.82. The Morgan fingerprint density at radius 1 is 1.16 bits per heavy atom. The zero-order valence-corrected chi connectivity index (χ0v) is 11.2. The summed E-state index contributed by atoms with van der Waals surface area (Å²) in [6, 6.07) is 4.57. The van der Waals surface area contributed by atoms with Crippen molar-refractivity contribution in [2.75, 3.05) is 11.9 Å². The molecular weight excluding hydrogens is 238 g/mol. The van der Waals surface area contributed by atoms with Gasteiger partial charge in [-0.3, -0.25) is 4.98 Å². The van der Waals surface area contributed by atoms with E-state index in [4.69, 9.17) is 5.73 Å². The Morgan fingerprint density at radius 3 is 2.79 bits per heavy atom. The van der Waals surface area contributed by atoms with Crippen LogP contribution in [0.2, 0.25) is 0 Å². The summed E-state index contributed by atoms with van der Waals surface area (Å²) in [6.45, 7) is 0. The lowest BCUT2D eigenvalue weighted by Gasteiger charge is -2.36. The zero-order chi connectivity index (χ0) is 13.2. The topological polar surface area (TPSA) is 67.9 Å². The Balaban J connectivity index is 1.90. The highest BCUT2D eigenvalue weighted by Gasteiger charge is 2.26. The van der Waals surface area contributed by atoms with Gasteiger partial charge >= 0.3 is 0 Å². The normalized spacial score (nSPS) is 23.5. The molecule has 2 atom stereocenters. The average molecular weight is 257 g/mol. The van der Waals surface area contributed by atoms with E-state index in [0.29, 0.717) is 11.7 Å². The molecule has 100 valence electrons. The zero-order valence-electron chi connectivity index (χ0n) is 11.2. The predicted molar refractivity (Wildman–Crippen MR) is 76.0 cm³/mol. The van der Waals surface area contributed by atoms with Crippen LogP contribution in [0.1, 0.15) is 25.7 Å². The highest BCUT2D eigenvalue weighted by atomic mass is 15.2. The van der Waals surface area contributed by atoms with Crippen molar-refractivity contribution < 1.29 is 0 Å². The third-order valence-corrected chi connectivity index (χ3v) is 3.96. The molecule has 2 unspecified atom stereocenters. The smallest absolute Gasteiger partial charge is 0.180 e. The highest BCUT2D eigenvalue weighted by Crippen LogP contribution is 2.25. The van der Waals surface area contributed by atoms with Crippen LogP contribution >= 0.6 is 0 Å². The van der Waals surface area contributed by atoms with E-state index < -0.39 is 0 Å². The molecule has 2 heterocycles. The third kappa shape index (κ3) is 2.38. The first-order chi connectivity index (χ1) is 9.25. The molecule has 1 aliphatic rings. The third-order valence-electron chi connectivity index (χ3n) is 3.96. The summed E-state index contributed by atoms with van der Waals surface area (Å²) in [4.78, 5) is 15.3. The van der Waals surface area contributed by atoms with Crippen molar-refractivity contribution in [3.05, 3.63) is 24.5 Å². The second kappa shape index (κ2) is 5.09. The molecule has 1 saturated carbocycles. The van der Waals surface area contributed by atoms with E-state index in [1.165, 1.54) is 12.8 Å². The minimum Gasteiger partial charge on any atom is -0.355 e. The number of nitrogens with two attached hydrogens (primary N) is 1. The number of aromatic nitrogens is 3. The van der Waals surface area contributed by atoms with Gasteiger partial charge in [0.1, 0.15) is 11.3 Å². The van der Waals surface area contributed by atoms with Gasteiger partial charge in [0.2, 0.25) is 0 Å². The molecule has 0 aliphatic heterocycles. The Bertz CT molecular complexity index is 571. The van der Waals surface area contributed by atoms with Gasteiger partial charge in [-0.25, -0.2) is 9.97 Å². The minimum absolute atomic E-state index is 0.234. The fraction of sp³-hybridized carbons (Fsp3) is 0.500. The van der Waals surface area contributed by atoms with Crippen LogP contribution in [0.3, 0.4) is 0 Å². The van der Waals surface area contributed by atoms with Crippen molar-refractivity contribution in [2.24, 2.45) is 5.73 Å². The molecule has 1 aliphatic carbocycles. The van der Waals surface area contributed by atoms with Gasteiger partial charge < -0.3 is 10.6 Å². The van der Waals surface area contributed by atoms with Gasteiger partial charge in [0, 0.05) is 31.5 Å². The number of hydrogen-bond acceptors (Lipinski definition) is 5. The number of hydrogen-bond donors (Lipinski definition) is 1. The van der Waals surface area contributed by atoms with Crippen molar-refractivity contribution in [3.63, 3.8) is 0 Å². The van der Waals surface area contributed by atoms with Crippen LogP contribution in [0.15, 0.2) is 24.5 Å². The SMILES string of the molecule is CN(c1ccc2nccnc2n1)C1CCCCC1N. The highest BCUT2D eigenvalue weighted by molar-refractivity contribution is 5.71. The molecule has 2 N–H and O–H groups in total. The molecule has 0 amide bonds. The van der Waals surface area contributed by atoms with Crippen LogP contribution in [0.25, 0.3) is 11.2 Å². The lowest BCUT2D eigenvalue weighted by molar-refractivity contribution is 0.372. The second-order valence-electron chi connectivity index (χ2n) is 5.20. The molecule has 2 aromatic heterocycles. The molecule has 5 heteroatoms. The number of rotatable bonds is 2. The molecule has 0 spiro atoms. The maximum atomic E-state index is 6.23. The van der Waals surface area contributed by atoms with Crippen molar-refractivity contribution in [1.82, 2.24) is 15.0 Å². The quantitative estimate of drug-likeness (QED) is 0.887.